The van der Waals surface area contributed by atoms with Crippen molar-refractivity contribution in [3.8, 4) is 0 Å². The highest BCUT2D eigenvalue weighted by Crippen LogP contribution is 2.23. The Hall–Kier alpha value is -0.770. The molecule has 2 aliphatic heterocycles. The van der Waals surface area contributed by atoms with E-state index in [1.165, 1.54) is 0 Å². The second kappa shape index (κ2) is 4.39. The van der Waals surface area contributed by atoms with Crippen LogP contribution in [0.2, 0.25) is 0 Å². The minimum absolute atomic E-state index is 0.0986. The van der Waals surface area contributed by atoms with E-state index in [0.29, 0.717) is 18.0 Å². The van der Waals surface area contributed by atoms with Gasteiger partial charge in [0.05, 0.1) is 6.04 Å². The molecular formula is C11H20N2O2. The molecule has 4 heteroatoms. The third-order valence-electron chi connectivity index (χ3n) is 3.42. The van der Waals surface area contributed by atoms with Crippen LogP contribution in [0.3, 0.4) is 0 Å². The van der Waals surface area contributed by atoms with Crippen molar-refractivity contribution in [3.63, 3.8) is 0 Å². The van der Waals surface area contributed by atoms with Crippen LogP contribution in [0.5, 0.6) is 0 Å². The van der Waals surface area contributed by atoms with Gasteiger partial charge >= 0.3 is 6.03 Å². The molecule has 0 spiro atoms. The summed E-state index contributed by atoms with van der Waals surface area (Å²) in [6.45, 7) is 6.68. The van der Waals surface area contributed by atoms with Crippen molar-refractivity contribution in [1.29, 1.82) is 0 Å². The van der Waals surface area contributed by atoms with Gasteiger partial charge in [0, 0.05) is 25.8 Å². The number of hydrogen-bond acceptors (Lipinski definition) is 2. The summed E-state index contributed by atoms with van der Waals surface area (Å²) >= 11 is 0. The van der Waals surface area contributed by atoms with Crippen molar-refractivity contribution in [1.82, 2.24) is 10.2 Å². The van der Waals surface area contributed by atoms with E-state index in [-0.39, 0.29) is 6.03 Å². The summed E-state index contributed by atoms with van der Waals surface area (Å²) < 4.78 is 5.33. The predicted molar refractivity (Wildman–Crippen MR) is 57.7 cm³/mol. The molecule has 86 valence electrons. The van der Waals surface area contributed by atoms with Crippen molar-refractivity contribution in [2.75, 3.05) is 19.8 Å². The topological polar surface area (TPSA) is 41.6 Å². The lowest BCUT2D eigenvalue weighted by molar-refractivity contribution is 0.0563. The zero-order valence-electron chi connectivity index (χ0n) is 9.53. The first kappa shape index (κ1) is 10.7. The number of ether oxygens (including phenoxy) is 1. The second-order valence-electron chi connectivity index (χ2n) is 4.75. The van der Waals surface area contributed by atoms with Crippen LogP contribution in [-0.2, 0) is 4.74 Å². The average molecular weight is 212 g/mol. The lowest BCUT2D eigenvalue weighted by Crippen LogP contribution is -2.37. The van der Waals surface area contributed by atoms with E-state index in [4.69, 9.17) is 4.74 Å². The zero-order chi connectivity index (χ0) is 10.8. The number of nitrogens with zero attached hydrogens (tertiary/aromatic N) is 1. The van der Waals surface area contributed by atoms with Crippen molar-refractivity contribution >= 4 is 6.03 Å². The van der Waals surface area contributed by atoms with Crippen LogP contribution in [0, 0.1) is 5.92 Å². The third-order valence-corrected chi connectivity index (χ3v) is 3.42. The van der Waals surface area contributed by atoms with Gasteiger partial charge in [-0.1, -0.05) is 0 Å². The fourth-order valence-corrected chi connectivity index (χ4v) is 2.41. The lowest BCUT2D eigenvalue weighted by atomic mass is 9.92. The summed E-state index contributed by atoms with van der Waals surface area (Å²) in [5.41, 5.74) is 0. The van der Waals surface area contributed by atoms with Crippen LogP contribution in [0.25, 0.3) is 0 Å². The number of carbonyl (C=O) groups excluding carboxylic acids is 1. The molecule has 1 atom stereocenters. The Morgan fingerprint density at radius 1 is 1.40 bits per heavy atom. The van der Waals surface area contributed by atoms with Gasteiger partial charge in [-0.3, -0.25) is 0 Å². The van der Waals surface area contributed by atoms with Crippen molar-refractivity contribution in [2.45, 2.75) is 38.8 Å². The largest absolute Gasteiger partial charge is 0.381 e. The molecule has 2 amide bonds. The van der Waals surface area contributed by atoms with E-state index in [1.807, 2.05) is 4.90 Å². The van der Waals surface area contributed by atoms with Gasteiger partial charge in [0.2, 0.25) is 0 Å². The average Bonchev–Trinajstić information content (AvgIpc) is 2.62. The first-order valence-electron chi connectivity index (χ1n) is 5.83. The van der Waals surface area contributed by atoms with E-state index in [0.717, 1.165) is 32.6 Å². The van der Waals surface area contributed by atoms with Gasteiger partial charge in [0.1, 0.15) is 0 Å². The molecule has 0 saturated carbocycles. The molecule has 1 N–H and O–H groups in total. The molecule has 2 fully saturated rings. The minimum Gasteiger partial charge on any atom is -0.381 e. The van der Waals surface area contributed by atoms with E-state index < -0.39 is 0 Å². The summed E-state index contributed by atoms with van der Waals surface area (Å²) in [5.74, 6) is 0.603. The van der Waals surface area contributed by atoms with Crippen LogP contribution in [0.15, 0.2) is 0 Å². The fraction of sp³-hybridized carbons (Fsp3) is 0.909. The molecule has 4 nitrogen and oxygen atoms in total. The maximum atomic E-state index is 11.7. The maximum absolute atomic E-state index is 11.7. The molecule has 0 aliphatic carbocycles. The van der Waals surface area contributed by atoms with Gasteiger partial charge in [-0.05, 0) is 32.6 Å². The summed E-state index contributed by atoms with van der Waals surface area (Å²) in [7, 11) is 0. The first-order valence-corrected chi connectivity index (χ1v) is 5.83. The molecule has 2 rings (SSSR count). The maximum Gasteiger partial charge on any atom is 0.317 e. The summed E-state index contributed by atoms with van der Waals surface area (Å²) in [6, 6.07) is 0.736. The van der Waals surface area contributed by atoms with Crippen LogP contribution < -0.4 is 5.32 Å². The smallest absolute Gasteiger partial charge is 0.317 e. The van der Waals surface area contributed by atoms with Crippen molar-refractivity contribution in [3.05, 3.63) is 0 Å². The molecule has 0 aromatic rings. The van der Waals surface area contributed by atoms with E-state index >= 15 is 0 Å². The monoisotopic (exact) mass is 212 g/mol. The number of rotatable bonds is 2. The molecule has 0 aromatic carbocycles. The molecule has 2 saturated heterocycles. The fourth-order valence-electron chi connectivity index (χ4n) is 2.41. The van der Waals surface area contributed by atoms with Crippen LogP contribution in [-0.4, -0.2) is 42.8 Å². The number of hydrogen-bond donors (Lipinski definition) is 1. The quantitative estimate of drug-likeness (QED) is 0.747. The highest BCUT2D eigenvalue weighted by molar-refractivity contribution is 5.77. The van der Waals surface area contributed by atoms with Gasteiger partial charge in [-0.15, -0.1) is 0 Å². The van der Waals surface area contributed by atoms with Gasteiger partial charge < -0.3 is 15.0 Å². The summed E-state index contributed by atoms with van der Waals surface area (Å²) in [4.78, 5) is 13.6. The van der Waals surface area contributed by atoms with Crippen LogP contribution in [0.4, 0.5) is 4.79 Å². The van der Waals surface area contributed by atoms with E-state index in [9.17, 15) is 4.79 Å². The number of carbonyl (C=O) groups is 1. The Kier molecular flexibility index (Phi) is 3.14. The second-order valence-corrected chi connectivity index (χ2v) is 4.75. The molecular weight excluding hydrogens is 192 g/mol. The minimum atomic E-state index is 0.0986. The van der Waals surface area contributed by atoms with Gasteiger partial charge in [0.15, 0.2) is 0 Å². The molecule has 1 unspecified atom stereocenters. The Morgan fingerprint density at radius 3 is 2.60 bits per heavy atom. The Labute approximate surface area is 91.0 Å². The molecule has 0 aromatic heterocycles. The Bertz CT molecular complexity index is 237. The highest BCUT2D eigenvalue weighted by atomic mass is 16.5. The standard InChI is InChI=1S/C11H20N2O2/c1-8(2)13-7-10(12-11(13)14)9-3-5-15-6-4-9/h8-10H,3-7H2,1-2H3,(H,12,14). The Morgan fingerprint density at radius 2 is 2.07 bits per heavy atom. The number of urea groups is 1. The third kappa shape index (κ3) is 2.25. The predicted octanol–water partition coefficient (Wildman–Crippen LogP) is 1.22. The van der Waals surface area contributed by atoms with Crippen molar-refractivity contribution < 1.29 is 9.53 Å². The molecule has 0 bridgehead atoms. The van der Waals surface area contributed by atoms with Crippen LogP contribution in [0.1, 0.15) is 26.7 Å². The summed E-state index contributed by atoms with van der Waals surface area (Å²) in [5, 5.41) is 3.09. The van der Waals surface area contributed by atoms with Crippen LogP contribution >= 0.6 is 0 Å². The molecule has 2 heterocycles. The van der Waals surface area contributed by atoms with Gasteiger partial charge in [-0.2, -0.15) is 0 Å². The van der Waals surface area contributed by atoms with E-state index in [2.05, 4.69) is 19.2 Å². The first-order chi connectivity index (χ1) is 7.18. The zero-order valence-corrected chi connectivity index (χ0v) is 9.53. The molecule has 0 radical (unpaired) electrons. The SMILES string of the molecule is CC(C)N1CC(C2CCOCC2)NC1=O. The molecule has 2 aliphatic rings. The van der Waals surface area contributed by atoms with Crippen molar-refractivity contribution in [2.24, 2.45) is 5.92 Å². The normalized spacial score (nSPS) is 28.6. The highest BCUT2D eigenvalue weighted by Gasteiger charge is 2.35. The van der Waals surface area contributed by atoms with Gasteiger partial charge in [-0.25, -0.2) is 4.79 Å². The number of amides is 2. The molecule has 15 heavy (non-hydrogen) atoms. The Balaban J connectivity index is 1.92. The van der Waals surface area contributed by atoms with E-state index in [1.54, 1.807) is 0 Å². The lowest BCUT2D eigenvalue weighted by Gasteiger charge is -2.27. The summed E-state index contributed by atoms with van der Waals surface area (Å²) in [6.07, 6.45) is 2.16. The number of nitrogens with one attached hydrogen (secondary N) is 1. The van der Waals surface area contributed by atoms with Gasteiger partial charge in [0.25, 0.3) is 0 Å².